The fourth-order valence-corrected chi connectivity index (χ4v) is 5.57. The van der Waals surface area contributed by atoms with Crippen LogP contribution in [0, 0.1) is 5.92 Å². The summed E-state index contributed by atoms with van der Waals surface area (Å²) >= 11 is 2.54. The quantitative estimate of drug-likeness (QED) is 0.217. The van der Waals surface area contributed by atoms with Crippen molar-refractivity contribution in [1.29, 1.82) is 0 Å². The second kappa shape index (κ2) is 17.6. The molecule has 41 heavy (non-hydrogen) atoms. The van der Waals surface area contributed by atoms with E-state index in [1.165, 1.54) is 42.4 Å². The molecular weight excluding hydrogens is 564 g/mol. The van der Waals surface area contributed by atoms with Gasteiger partial charge in [0, 0.05) is 17.6 Å². The summed E-state index contributed by atoms with van der Waals surface area (Å²) in [4.78, 5) is 55.0. The number of thiazole rings is 1. The fraction of sp³-hybridized carbons (Fsp3) is 0.690. The number of thioether (sulfide) groups is 1. The van der Waals surface area contributed by atoms with Gasteiger partial charge >= 0.3 is 0 Å². The number of fused-ring (bicyclic) bond motifs is 2. The standard InChI is InChI=1S/C29H46N4O6S2/c1-6-7-8-9-10-14-24(35)40-15-12-11-13-20-16-22(34)30-17-23-31-21(18-41-23)26(36)33-29(4,5)28(38)32-25(19(2)3)27(37)39-20/h11,13,18-20,25,27,37H,6-10,12,14-17H2,1-5H3,(H,30,34)(H,32,38)(H,33,36)/b13-11+/t20-,25+,27?/m1/s1. The Morgan fingerprint density at radius 3 is 2.68 bits per heavy atom. The van der Waals surface area contributed by atoms with E-state index in [2.05, 4.69) is 27.9 Å². The van der Waals surface area contributed by atoms with Crippen molar-refractivity contribution in [3.8, 4) is 0 Å². The molecule has 1 aromatic heterocycles. The summed E-state index contributed by atoms with van der Waals surface area (Å²) in [6.45, 7) is 9.09. The van der Waals surface area contributed by atoms with Gasteiger partial charge in [0.2, 0.25) is 11.8 Å². The molecule has 2 heterocycles. The highest BCUT2D eigenvalue weighted by atomic mass is 32.2. The van der Waals surface area contributed by atoms with E-state index in [1.807, 2.05) is 19.9 Å². The van der Waals surface area contributed by atoms with Crippen LogP contribution in [0.3, 0.4) is 0 Å². The molecule has 3 atom stereocenters. The number of unbranched alkanes of at least 4 members (excludes halogenated alkanes) is 4. The number of carbonyl (C=O) groups excluding carboxylic acids is 4. The summed E-state index contributed by atoms with van der Waals surface area (Å²) in [5.41, 5.74) is -1.13. The van der Waals surface area contributed by atoms with E-state index in [-0.39, 0.29) is 35.6 Å². The normalized spacial score (nSPS) is 22.4. The Bertz CT molecular complexity index is 1040. The van der Waals surface area contributed by atoms with E-state index in [4.69, 9.17) is 4.74 Å². The number of carbonyl (C=O) groups is 4. The average molecular weight is 611 g/mol. The average Bonchev–Trinajstić information content (AvgIpc) is 3.38. The Morgan fingerprint density at radius 2 is 1.98 bits per heavy atom. The second-order valence-corrected chi connectivity index (χ2v) is 13.2. The van der Waals surface area contributed by atoms with Crippen LogP contribution >= 0.6 is 23.1 Å². The summed E-state index contributed by atoms with van der Waals surface area (Å²) in [6, 6.07) is -0.804. The summed E-state index contributed by atoms with van der Waals surface area (Å²) < 4.78 is 5.89. The first-order valence-corrected chi connectivity index (χ1v) is 16.3. The summed E-state index contributed by atoms with van der Waals surface area (Å²) in [6.07, 6.45) is 8.04. The predicted octanol–water partition coefficient (Wildman–Crippen LogP) is 4.08. The van der Waals surface area contributed by atoms with Crippen molar-refractivity contribution >= 4 is 45.9 Å². The van der Waals surface area contributed by atoms with Crippen LogP contribution in [0.25, 0.3) is 0 Å². The van der Waals surface area contributed by atoms with E-state index in [0.717, 1.165) is 12.8 Å². The third kappa shape index (κ3) is 12.6. The van der Waals surface area contributed by atoms with Crippen LogP contribution in [-0.4, -0.2) is 62.7 Å². The number of aliphatic hydroxyl groups is 1. The third-order valence-corrected chi connectivity index (χ3v) is 8.44. The van der Waals surface area contributed by atoms with Gasteiger partial charge in [0.15, 0.2) is 11.4 Å². The van der Waals surface area contributed by atoms with E-state index < -0.39 is 35.8 Å². The maximum Gasteiger partial charge on any atom is 0.271 e. The Hall–Kier alpha value is -2.28. The molecule has 12 heteroatoms. The lowest BCUT2D eigenvalue weighted by molar-refractivity contribution is -0.159. The van der Waals surface area contributed by atoms with E-state index in [0.29, 0.717) is 23.6 Å². The number of ether oxygens (including phenoxy) is 1. The van der Waals surface area contributed by atoms with Gasteiger partial charge in [-0.25, -0.2) is 4.98 Å². The van der Waals surface area contributed by atoms with Crippen molar-refractivity contribution in [3.63, 3.8) is 0 Å². The predicted molar refractivity (Wildman–Crippen MR) is 162 cm³/mol. The highest BCUT2D eigenvalue weighted by molar-refractivity contribution is 8.13. The van der Waals surface area contributed by atoms with Crippen LogP contribution in [0.5, 0.6) is 0 Å². The first kappa shape index (κ1) is 34.9. The number of amides is 3. The minimum Gasteiger partial charge on any atom is -0.366 e. The number of nitrogens with one attached hydrogen (secondary N) is 3. The number of aromatic nitrogens is 1. The minimum absolute atomic E-state index is 0.0691. The van der Waals surface area contributed by atoms with Gasteiger partial charge in [-0.05, 0) is 32.6 Å². The second-order valence-electron chi connectivity index (χ2n) is 11.1. The zero-order valence-electron chi connectivity index (χ0n) is 24.9. The number of rotatable bonds is 11. The SMILES string of the molecule is CCCCCCCC(=O)SCC/C=C/[C@@H]1CC(=O)NCc2nc(cs2)C(=O)NC(C)(C)C(=O)N[C@@H](C(C)C)C(O)O1. The van der Waals surface area contributed by atoms with Crippen molar-refractivity contribution in [3.05, 3.63) is 28.2 Å². The first-order valence-electron chi connectivity index (χ1n) is 14.4. The molecule has 1 aliphatic heterocycles. The monoisotopic (exact) mass is 610 g/mol. The first-order chi connectivity index (χ1) is 19.4. The molecule has 2 bridgehead atoms. The van der Waals surface area contributed by atoms with Gasteiger partial charge in [0.25, 0.3) is 5.91 Å². The van der Waals surface area contributed by atoms with Gasteiger partial charge in [-0.1, -0.05) is 70.4 Å². The zero-order valence-corrected chi connectivity index (χ0v) is 26.5. The molecular formula is C29H46N4O6S2. The zero-order chi connectivity index (χ0) is 30.4. The lowest BCUT2D eigenvalue weighted by atomic mass is 9.99. The van der Waals surface area contributed by atoms with Crippen molar-refractivity contribution < 1.29 is 29.0 Å². The Kier molecular flexibility index (Phi) is 15.0. The molecule has 3 amide bonds. The largest absolute Gasteiger partial charge is 0.366 e. The molecule has 1 unspecified atom stereocenters. The number of hydrogen-bond acceptors (Lipinski definition) is 9. The van der Waals surface area contributed by atoms with E-state index in [9.17, 15) is 24.3 Å². The van der Waals surface area contributed by atoms with E-state index >= 15 is 0 Å². The van der Waals surface area contributed by atoms with Gasteiger partial charge < -0.3 is 25.8 Å². The maximum atomic E-state index is 13.1. The van der Waals surface area contributed by atoms with Crippen LogP contribution in [0.4, 0.5) is 0 Å². The molecule has 0 aromatic carbocycles. The molecule has 0 saturated heterocycles. The Balaban J connectivity index is 2.09. The topological polar surface area (TPSA) is 147 Å². The molecule has 0 fully saturated rings. The van der Waals surface area contributed by atoms with Gasteiger partial charge in [0.1, 0.15) is 16.2 Å². The van der Waals surface area contributed by atoms with Gasteiger partial charge in [-0.3, -0.25) is 19.2 Å². The number of nitrogens with zero attached hydrogens (tertiary/aromatic N) is 1. The van der Waals surface area contributed by atoms with Crippen molar-refractivity contribution in [2.75, 3.05) is 5.75 Å². The van der Waals surface area contributed by atoms with Gasteiger partial charge in [-0.15, -0.1) is 11.3 Å². The third-order valence-electron chi connectivity index (χ3n) is 6.62. The van der Waals surface area contributed by atoms with E-state index in [1.54, 1.807) is 25.3 Å². The molecule has 0 spiro atoms. The van der Waals surface area contributed by atoms with Crippen LogP contribution in [0.15, 0.2) is 17.5 Å². The molecule has 4 N–H and O–H groups in total. The molecule has 0 saturated carbocycles. The summed E-state index contributed by atoms with van der Waals surface area (Å²) in [7, 11) is 0. The van der Waals surface area contributed by atoms with Crippen LogP contribution in [0.1, 0.15) is 101 Å². The molecule has 2 rings (SSSR count). The van der Waals surface area contributed by atoms with Crippen LogP contribution in [0.2, 0.25) is 0 Å². The molecule has 0 radical (unpaired) electrons. The molecule has 1 aliphatic rings. The number of allylic oxidation sites excluding steroid dienone is 1. The van der Waals surface area contributed by atoms with Crippen molar-refractivity contribution in [2.24, 2.45) is 5.92 Å². The van der Waals surface area contributed by atoms with Crippen molar-refractivity contribution in [2.45, 2.75) is 117 Å². The van der Waals surface area contributed by atoms with Gasteiger partial charge in [0.05, 0.1) is 25.1 Å². The maximum absolute atomic E-state index is 13.1. The lowest BCUT2D eigenvalue weighted by Gasteiger charge is -2.33. The summed E-state index contributed by atoms with van der Waals surface area (Å²) in [5, 5.41) is 21.6. The number of aliphatic hydroxyl groups excluding tert-OH is 1. The van der Waals surface area contributed by atoms with Crippen LogP contribution < -0.4 is 16.0 Å². The smallest absolute Gasteiger partial charge is 0.271 e. The van der Waals surface area contributed by atoms with Crippen molar-refractivity contribution in [1.82, 2.24) is 20.9 Å². The molecule has 1 aromatic rings. The molecule has 0 aliphatic carbocycles. The minimum atomic E-state index is -1.41. The Labute approximate surface area is 251 Å². The Morgan fingerprint density at radius 1 is 1.24 bits per heavy atom. The van der Waals surface area contributed by atoms with Crippen LogP contribution in [-0.2, 0) is 25.7 Å². The molecule has 230 valence electrons. The number of hydrogen-bond donors (Lipinski definition) is 4. The van der Waals surface area contributed by atoms with Gasteiger partial charge in [-0.2, -0.15) is 0 Å². The lowest BCUT2D eigenvalue weighted by Crippen LogP contribution is -2.60. The molecule has 10 nitrogen and oxygen atoms in total. The highest BCUT2D eigenvalue weighted by Gasteiger charge is 2.35. The fourth-order valence-electron chi connectivity index (χ4n) is 4.09. The summed E-state index contributed by atoms with van der Waals surface area (Å²) in [5.74, 6) is -0.932. The highest BCUT2D eigenvalue weighted by Crippen LogP contribution is 2.18.